The fourth-order valence-corrected chi connectivity index (χ4v) is 5.33. The van der Waals surface area contributed by atoms with Crippen LogP contribution in [0.1, 0.15) is 26.4 Å². The molecule has 0 saturated carbocycles. The van der Waals surface area contributed by atoms with E-state index in [1.54, 1.807) is 42.6 Å². The molecule has 2 aromatic carbocycles. The third-order valence-corrected chi connectivity index (χ3v) is 7.79. The minimum absolute atomic E-state index is 0.117. The van der Waals surface area contributed by atoms with Crippen molar-refractivity contribution in [2.75, 3.05) is 7.11 Å². The smallest absolute Gasteiger partial charge is 0.285 e. The molecule has 0 amide bonds. The Morgan fingerprint density at radius 2 is 1.63 bits per heavy atom. The zero-order valence-electron chi connectivity index (χ0n) is 18.7. The van der Waals surface area contributed by atoms with Gasteiger partial charge in [0.1, 0.15) is 10.6 Å². The third kappa shape index (κ3) is 7.13. The molecule has 3 rings (SSSR count). The molecule has 1 N–H and O–H groups in total. The second kappa shape index (κ2) is 11.0. The van der Waals surface area contributed by atoms with Crippen molar-refractivity contribution in [2.24, 2.45) is 9.98 Å². The monoisotopic (exact) mass is 530 g/mol. The Bertz CT molecular complexity index is 1530. The Morgan fingerprint density at radius 1 is 0.971 bits per heavy atom. The first-order chi connectivity index (χ1) is 16.5. The van der Waals surface area contributed by atoms with Crippen LogP contribution < -0.4 is 0 Å². The Hall–Kier alpha value is -3.22. The number of aliphatic imine (C=N–C) groups is 2. The van der Waals surface area contributed by atoms with Crippen LogP contribution in [-0.4, -0.2) is 41.4 Å². The molecule has 1 aromatic heterocycles. The molecule has 0 spiro atoms. The van der Waals surface area contributed by atoms with Crippen LogP contribution in [0.4, 0.5) is 11.4 Å². The van der Waals surface area contributed by atoms with Crippen molar-refractivity contribution in [1.29, 1.82) is 0 Å². The first-order valence-electron chi connectivity index (χ1n) is 9.98. The van der Waals surface area contributed by atoms with Gasteiger partial charge in [0.2, 0.25) is 0 Å². The Balaban J connectivity index is 2.01. The van der Waals surface area contributed by atoms with Crippen molar-refractivity contribution < 1.29 is 25.6 Å². The SMILES string of the molecule is C=Cc1ccc(C=Nc2ccc(/C=C/c3ccc(N=C)cc3S(=O)(=O)OC)c(CS(=O)(=O)O)c2)s1. The summed E-state index contributed by atoms with van der Waals surface area (Å²) >= 11 is 1.50. The molecule has 35 heavy (non-hydrogen) atoms. The van der Waals surface area contributed by atoms with Gasteiger partial charge in [0.15, 0.2) is 0 Å². The molecule has 0 radical (unpaired) electrons. The van der Waals surface area contributed by atoms with Gasteiger partial charge in [-0.25, -0.2) is 0 Å². The summed E-state index contributed by atoms with van der Waals surface area (Å²) in [5.74, 6) is -0.641. The van der Waals surface area contributed by atoms with Gasteiger partial charge in [0.05, 0.1) is 18.5 Å². The van der Waals surface area contributed by atoms with E-state index in [1.165, 1.54) is 29.5 Å². The minimum atomic E-state index is -4.34. The molecular weight excluding hydrogens is 508 g/mol. The van der Waals surface area contributed by atoms with Crippen molar-refractivity contribution in [3.8, 4) is 0 Å². The average Bonchev–Trinajstić information content (AvgIpc) is 3.29. The van der Waals surface area contributed by atoms with Gasteiger partial charge < -0.3 is 0 Å². The minimum Gasteiger partial charge on any atom is -0.285 e. The predicted molar refractivity (Wildman–Crippen MR) is 142 cm³/mol. The summed E-state index contributed by atoms with van der Waals surface area (Å²) in [4.78, 5) is 9.90. The molecule has 0 aliphatic heterocycles. The van der Waals surface area contributed by atoms with Crippen LogP contribution in [0.2, 0.25) is 0 Å². The molecule has 0 aliphatic rings. The quantitative estimate of drug-likeness (QED) is 0.163. The van der Waals surface area contributed by atoms with Crippen molar-refractivity contribution in [1.82, 2.24) is 0 Å². The number of hydrogen-bond acceptors (Lipinski definition) is 8. The molecular formula is C24H22N2O6S3. The molecule has 8 nitrogen and oxygen atoms in total. The number of rotatable bonds is 10. The number of thiophene rings is 1. The highest BCUT2D eigenvalue weighted by atomic mass is 32.2. The fourth-order valence-electron chi connectivity index (χ4n) is 3.09. The third-order valence-electron chi connectivity index (χ3n) is 4.76. The predicted octanol–water partition coefficient (Wildman–Crippen LogP) is 5.37. The summed E-state index contributed by atoms with van der Waals surface area (Å²) in [7, 11) is -7.34. The fraction of sp³-hybridized carbons (Fsp3) is 0.0833. The second-order valence-corrected chi connectivity index (χ2v) is 11.4. The van der Waals surface area contributed by atoms with Gasteiger partial charge >= 0.3 is 0 Å². The highest BCUT2D eigenvalue weighted by Gasteiger charge is 2.18. The van der Waals surface area contributed by atoms with Crippen molar-refractivity contribution in [2.45, 2.75) is 10.6 Å². The van der Waals surface area contributed by atoms with Crippen LogP contribution in [0.15, 0.2) is 70.0 Å². The maximum atomic E-state index is 12.4. The summed E-state index contributed by atoms with van der Waals surface area (Å²) in [6.07, 6.45) is 6.44. The van der Waals surface area contributed by atoms with Crippen LogP contribution in [-0.2, 0) is 30.2 Å². The van der Waals surface area contributed by atoms with Crippen molar-refractivity contribution in [3.05, 3.63) is 81.6 Å². The van der Waals surface area contributed by atoms with Gasteiger partial charge in [-0.1, -0.05) is 36.9 Å². The highest BCUT2D eigenvalue weighted by Crippen LogP contribution is 2.27. The van der Waals surface area contributed by atoms with E-state index in [2.05, 4.69) is 27.5 Å². The van der Waals surface area contributed by atoms with E-state index in [1.807, 2.05) is 12.1 Å². The van der Waals surface area contributed by atoms with Crippen LogP contribution >= 0.6 is 11.3 Å². The molecule has 0 saturated heterocycles. The lowest BCUT2D eigenvalue weighted by molar-refractivity contribution is 0.397. The average molecular weight is 531 g/mol. The van der Waals surface area contributed by atoms with E-state index >= 15 is 0 Å². The maximum Gasteiger partial charge on any atom is 0.297 e. The van der Waals surface area contributed by atoms with E-state index in [4.69, 9.17) is 0 Å². The molecule has 0 unspecified atom stereocenters. The summed E-state index contributed by atoms with van der Waals surface area (Å²) < 4.78 is 62.0. The lowest BCUT2D eigenvalue weighted by Crippen LogP contribution is -2.05. The molecule has 0 aliphatic carbocycles. The lowest BCUT2D eigenvalue weighted by Gasteiger charge is -2.08. The van der Waals surface area contributed by atoms with E-state index in [-0.39, 0.29) is 10.5 Å². The van der Waals surface area contributed by atoms with Gasteiger partial charge in [-0.3, -0.25) is 18.7 Å². The van der Waals surface area contributed by atoms with Gasteiger partial charge in [-0.05, 0) is 59.8 Å². The van der Waals surface area contributed by atoms with Crippen LogP contribution in [0, 0.1) is 0 Å². The summed E-state index contributed by atoms with van der Waals surface area (Å²) in [5, 5.41) is 0. The van der Waals surface area contributed by atoms with Crippen molar-refractivity contribution in [3.63, 3.8) is 0 Å². The summed E-state index contributed by atoms with van der Waals surface area (Å²) in [6, 6.07) is 13.1. The second-order valence-electron chi connectivity index (χ2n) is 7.15. The first-order valence-corrected chi connectivity index (χ1v) is 13.8. The van der Waals surface area contributed by atoms with E-state index < -0.39 is 26.0 Å². The molecule has 0 fully saturated rings. The molecule has 3 aromatic rings. The van der Waals surface area contributed by atoms with Crippen LogP contribution in [0.3, 0.4) is 0 Å². The largest absolute Gasteiger partial charge is 0.297 e. The van der Waals surface area contributed by atoms with Crippen molar-refractivity contribution >= 4 is 74.1 Å². The normalized spacial score (nSPS) is 12.4. The first kappa shape index (κ1) is 26.4. The highest BCUT2D eigenvalue weighted by molar-refractivity contribution is 7.86. The van der Waals surface area contributed by atoms with Gasteiger partial charge in [0.25, 0.3) is 20.2 Å². The summed E-state index contributed by atoms with van der Waals surface area (Å²) in [6.45, 7) is 7.12. The number of hydrogen-bond donors (Lipinski definition) is 1. The summed E-state index contributed by atoms with van der Waals surface area (Å²) in [5.41, 5.74) is 1.88. The lowest BCUT2D eigenvalue weighted by atomic mass is 10.1. The van der Waals surface area contributed by atoms with E-state index in [0.29, 0.717) is 22.5 Å². The molecule has 1 heterocycles. The number of nitrogens with zero attached hydrogens (tertiary/aromatic N) is 2. The number of benzene rings is 2. The zero-order chi connectivity index (χ0) is 25.6. The van der Waals surface area contributed by atoms with Gasteiger partial charge in [-0.15, -0.1) is 11.3 Å². The van der Waals surface area contributed by atoms with E-state index in [0.717, 1.165) is 16.9 Å². The zero-order valence-corrected chi connectivity index (χ0v) is 21.1. The van der Waals surface area contributed by atoms with Gasteiger partial charge in [0, 0.05) is 16.0 Å². The molecule has 11 heteroatoms. The Kier molecular flexibility index (Phi) is 8.30. The standard InChI is InChI=1S/C24H22N2O6S3/c1-4-22-11-12-23(33-22)15-26-21-10-7-17(19(13-21)16-34(27,28)29)5-6-18-8-9-20(25-2)14-24(18)35(30,31)32-3/h4-15H,1-2,16H2,3H3,(H,27,28,29)/b6-5+,26-15?. The maximum absolute atomic E-state index is 12.4. The van der Waals surface area contributed by atoms with Crippen LogP contribution in [0.25, 0.3) is 18.2 Å². The molecule has 0 bridgehead atoms. The van der Waals surface area contributed by atoms with Crippen LogP contribution in [0.5, 0.6) is 0 Å². The van der Waals surface area contributed by atoms with Gasteiger partial charge in [-0.2, -0.15) is 16.8 Å². The Morgan fingerprint density at radius 3 is 2.26 bits per heavy atom. The molecule has 182 valence electrons. The van der Waals surface area contributed by atoms with E-state index in [9.17, 15) is 21.4 Å². The Labute approximate surface area is 208 Å². The topological polar surface area (TPSA) is 122 Å². The molecule has 0 atom stereocenters.